The van der Waals surface area contributed by atoms with Crippen LogP contribution in [0.5, 0.6) is 0 Å². The summed E-state index contributed by atoms with van der Waals surface area (Å²) in [7, 11) is 0. The third-order valence-electron chi connectivity index (χ3n) is 1.22. The number of halogens is 1. The van der Waals surface area contributed by atoms with Crippen LogP contribution in [0, 0.1) is 0 Å². The van der Waals surface area contributed by atoms with Gasteiger partial charge in [0.05, 0.1) is 29.6 Å². The Labute approximate surface area is 103 Å². The zero-order valence-electron chi connectivity index (χ0n) is 18.2. The molecule has 0 spiro atoms. The fourth-order valence-corrected chi connectivity index (χ4v) is 0.903. The normalized spacial score (nSPS) is 46.4. The maximum atomic E-state index is 7.94. The Morgan fingerprint density at radius 1 is 1.31 bits per heavy atom. The topological polar surface area (TPSA) is 12.5 Å². The van der Waals surface area contributed by atoms with Crippen LogP contribution in [0.3, 0.4) is 0 Å². The van der Waals surface area contributed by atoms with Gasteiger partial charge < -0.3 is 9.64 Å². The Morgan fingerprint density at radius 2 is 1.92 bits per heavy atom. The zero-order valence-corrected chi connectivity index (χ0v) is 7.82. The standard InChI is InChI=1S/C10H12BrNO/c11-9-1-3-10(4-2-9)12-5-7-13-8-6-12/h1-4H,5-8H2/i1D,2D,3D,4D,5D2,6D2,7D2,8D2. The first-order chi connectivity index (χ1) is 11.0. The van der Waals surface area contributed by atoms with Crippen molar-refractivity contribution in [1.82, 2.24) is 0 Å². The van der Waals surface area contributed by atoms with Gasteiger partial charge in [-0.1, -0.05) is 15.9 Å². The lowest BCUT2D eigenvalue weighted by Gasteiger charge is -2.28. The molecule has 1 aliphatic heterocycles. The van der Waals surface area contributed by atoms with Crippen molar-refractivity contribution in [1.29, 1.82) is 0 Å². The maximum Gasteiger partial charge on any atom is 0.0645 e. The van der Waals surface area contributed by atoms with Crippen molar-refractivity contribution in [2.75, 3.05) is 31.0 Å². The van der Waals surface area contributed by atoms with Crippen molar-refractivity contribution in [3.8, 4) is 0 Å². The van der Waals surface area contributed by atoms with Gasteiger partial charge in [0.25, 0.3) is 0 Å². The van der Waals surface area contributed by atoms with E-state index in [4.69, 9.17) is 16.4 Å². The Bertz CT molecular complexity index is 680. The average Bonchev–Trinajstić information content (AvgIpc) is 2.44. The predicted molar refractivity (Wildman–Crippen MR) is 57.2 cm³/mol. The number of benzene rings is 1. The van der Waals surface area contributed by atoms with Crippen molar-refractivity contribution >= 4 is 21.6 Å². The van der Waals surface area contributed by atoms with Crippen LogP contribution >= 0.6 is 15.9 Å². The van der Waals surface area contributed by atoms with Gasteiger partial charge in [-0.3, -0.25) is 0 Å². The van der Waals surface area contributed by atoms with Gasteiger partial charge in [-0.05, 0) is 24.2 Å². The smallest absolute Gasteiger partial charge is 0.0645 e. The van der Waals surface area contributed by atoms with E-state index in [0.29, 0.717) is 0 Å². The molecule has 1 aromatic rings. The third-order valence-corrected chi connectivity index (χ3v) is 1.62. The van der Waals surface area contributed by atoms with E-state index in [-0.39, 0.29) is 9.37 Å². The summed E-state index contributed by atoms with van der Waals surface area (Å²) >= 11 is 2.85. The lowest BCUT2D eigenvalue weighted by atomic mass is 10.3. The molecule has 1 aromatic carbocycles. The predicted octanol–water partition coefficient (Wildman–Crippen LogP) is 2.29. The first-order valence-electron chi connectivity index (χ1n) is 9.27. The second kappa shape index (κ2) is 4.11. The molecule has 1 saturated heterocycles. The minimum absolute atomic E-state index is 0.0588. The van der Waals surface area contributed by atoms with Gasteiger partial charge in [-0.2, -0.15) is 0 Å². The molecule has 1 aliphatic rings. The highest BCUT2D eigenvalue weighted by Crippen LogP contribution is 2.18. The second-order valence-corrected chi connectivity index (χ2v) is 2.82. The quantitative estimate of drug-likeness (QED) is 0.762. The highest BCUT2D eigenvalue weighted by Gasteiger charge is 2.09. The number of nitrogens with zero attached hydrogens (tertiary/aromatic N) is 1. The van der Waals surface area contributed by atoms with Gasteiger partial charge in [-0.25, -0.2) is 0 Å². The molecule has 1 fully saturated rings. The SMILES string of the molecule is [2H]c1c([2H])c(N2C([2H])([2H])C([2H])([2H])OC([2H])([2H])C2([2H])[2H])c([2H])c([2H])c1Br. The molecule has 0 aliphatic carbocycles. The summed E-state index contributed by atoms with van der Waals surface area (Å²) in [5.41, 5.74) is -0.913. The van der Waals surface area contributed by atoms with Crippen LogP contribution in [0.15, 0.2) is 28.6 Å². The molecule has 0 N–H and O–H groups in total. The van der Waals surface area contributed by atoms with Crippen LogP contribution in [-0.4, -0.2) is 26.1 Å². The summed E-state index contributed by atoms with van der Waals surface area (Å²) in [6.07, 6.45) is 0. The van der Waals surface area contributed by atoms with Crippen LogP contribution in [0.1, 0.15) is 16.4 Å². The third kappa shape index (κ3) is 2.23. The number of rotatable bonds is 1. The minimum atomic E-state index is -3.35. The fourth-order valence-electron chi connectivity index (χ4n) is 0.705. The fraction of sp³-hybridized carbons (Fsp3) is 0.400. The summed E-state index contributed by atoms with van der Waals surface area (Å²) in [4.78, 5) is -0.0588. The Balaban J connectivity index is 2.92. The molecule has 0 atom stereocenters. The average molecular weight is 254 g/mol. The number of anilines is 1. The van der Waals surface area contributed by atoms with E-state index in [9.17, 15) is 0 Å². The Hall–Kier alpha value is -0.540. The van der Waals surface area contributed by atoms with Crippen LogP contribution in [0.2, 0.25) is 0 Å². The number of morpholine rings is 1. The minimum Gasteiger partial charge on any atom is -0.378 e. The van der Waals surface area contributed by atoms with Crippen molar-refractivity contribution in [2.45, 2.75) is 0 Å². The summed E-state index contributed by atoms with van der Waals surface area (Å²) in [6.45, 7) is -13.4. The van der Waals surface area contributed by atoms with Crippen molar-refractivity contribution < 1.29 is 21.2 Å². The van der Waals surface area contributed by atoms with E-state index in [1.807, 2.05) is 0 Å². The molecule has 0 amide bonds. The summed E-state index contributed by atoms with van der Waals surface area (Å²) in [5.74, 6) is 0. The lowest BCUT2D eigenvalue weighted by Crippen LogP contribution is -2.36. The molecule has 0 saturated carbocycles. The van der Waals surface area contributed by atoms with Crippen molar-refractivity contribution in [2.24, 2.45) is 0 Å². The summed E-state index contributed by atoms with van der Waals surface area (Å²) in [5, 5.41) is 0. The van der Waals surface area contributed by atoms with Gasteiger partial charge in [0.2, 0.25) is 0 Å². The molecule has 0 aromatic heterocycles. The lowest BCUT2D eigenvalue weighted by molar-refractivity contribution is 0.122. The monoisotopic (exact) mass is 253 g/mol. The van der Waals surface area contributed by atoms with E-state index in [2.05, 4.69) is 20.7 Å². The molecular weight excluding hydrogens is 230 g/mol. The molecule has 2 nitrogen and oxygen atoms in total. The Kier molecular flexibility index (Phi) is 0.799. The molecule has 1 heterocycles. The first kappa shape index (κ1) is 2.52. The van der Waals surface area contributed by atoms with E-state index < -0.39 is 56.0 Å². The van der Waals surface area contributed by atoms with Gasteiger partial charge in [0, 0.05) is 23.2 Å². The van der Waals surface area contributed by atoms with Crippen LogP contribution in [0.25, 0.3) is 0 Å². The number of ether oxygens (including phenoxy) is 1. The molecule has 2 rings (SSSR count). The zero-order chi connectivity index (χ0) is 19.7. The molecule has 3 heteroatoms. The van der Waals surface area contributed by atoms with Crippen LogP contribution in [-0.2, 0) is 4.74 Å². The van der Waals surface area contributed by atoms with Crippen molar-refractivity contribution in [3.63, 3.8) is 0 Å². The summed E-state index contributed by atoms with van der Waals surface area (Å²) in [6, 6.07) is -2.99. The van der Waals surface area contributed by atoms with Gasteiger partial charge in [0.15, 0.2) is 0 Å². The molecular formula is C10H12BrNO. The van der Waals surface area contributed by atoms with Gasteiger partial charge in [-0.15, -0.1) is 0 Å². The van der Waals surface area contributed by atoms with E-state index in [0.717, 1.165) is 0 Å². The Morgan fingerprint density at radius 3 is 2.54 bits per heavy atom. The highest BCUT2D eigenvalue weighted by molar-refractivity contribution is 9.10. The first-order valence-corrected chi connectivity index (χ1v) is 4.06. The summed E-state index contributed by atoms with van der Waals surface area (Å²) < 4.78 is 97.8. The maximum absolute atomic E-state index is 7.94. The van der Waals surface area contributed by atoms with E-state index in [1.54, 1.807) is 0 Å². The highest BCUT2D eigenvalue weighted by atomic mass is 79.9. The van der Waals surface area contributed by atoms with E-state index in [1.165, 1.54) is 0 Å². The van der Waals surface area contributed by atoms with Gasteiger partial charge >= 0.3 is 0 Å². The molecule has 0 bridgehead atoms. The molecule has 70 valence electrons. The van der Waals surface area contributed by atoms with Crippen molar-refractivity contribution in [3.05, 3.63) is 28.6 Å². The molecule has 0 radical (unpaired) electrons. The molecule has 0 unspecified atom stereocenters. The van der Waals surface area contributed by atoms with Gasteiger partial charge in [0.1, 0.15) is 0 Å². The van der Waals surface area contributed by atoms with E-state index >= 15 is 0 Å². The van der Waals surface area contributed by atoms with Crippen LogP contribution in [0.4, 0.5) is 5.69 Å². The molecule has 13 heavy (non-hydrogen) atoms. The number of hydrogen-bond acceptors (Lipinski definition) is 2. The van der Waals surface area contributed by atoms with Crippen LogP contribution < -0.4 is 4.90 Å². The number of hydrogen-bond donors (Lipinski definition) is 0. The largest absolute Gasteiger partial charge is 0.378 e. The second-order valence-electron chi connectivity index (χ2n) is 2.03.